The summed E-state index contributed by atoms with van der Waals surface area (Å²) in [6.07, 6.45) is 1.70. The highest BCUT2D eigenvalue weighted by Gasteiger charge is 2.67. The molecule has 0 radical (unpaired) electrons. The molecule has 1 aromatic rings. The van der Waals surface area contributed by atoms with E-state index >= 15 is 0 Å². The lowest BCUT2D eigenvalue weighted by atomic mass is 9.56. The molecule has 0 aromatic heterocycles. The lowest BCUT2D eigenvalue weighted by molar-refractivity contribution is -0.141. The predicted molar refractivity (Wildman–Crippen MR) is 113 cm³/mol. The van der Waals surface area contributed by atoms with Crippen molar-refractivity contribution < 1.29 is 28.6 Å². The molecule has 6 heteroatoms. The van der Waals surface area contributed by atoms with E-state index in [-0.39, 0.29) is 23.8 Å². The number of Topliss-reactive ketones (excluding diaryl/α,β-unsaturated/α-hetero) is 1. The number of esters is 2. The van der Waals surface area contributed by atoms with Gasteiger partial charge in [0.15, 0.2) is 5.78 Å². The summed E-state index contributed by atoms with van der Waals surface area (Å²) in [5.74, 6) is 0.463. The second-order valence-electron chi connectivity index (χ2n) is 9.35. The quantitative estimate of drug-likeness (QED) is 0.499. The first-order valence-corrected chi connectivity index (χ1v) is 10.7. The summed E-state index contributed by atoms with van der Waals surface area (Å²) in [4.78, 5) is 36.6. The number of rotatable bonds is 6. The predicted octanol–water partition coefficient (Wildman–Crippen LogP) is 4.35. The van der Waals surface area contributed by atoms with Crippen molar-refractivity contribution >= 4 is 23.3 Å². The third-order valence-electron chi connectivity index (χ3n) is 6.25. The normalized spacial score (nSPS) is 25.9. The van der Waals surface area contributed by atoms with Crippen molar-refractivity contribution in [2.24, 2.45) is 10.8 Å². The van der Waals surface area contributed by atoms with Crippen LogP contribution in [0.5, 0.6) is 0 Å². The number of carbonyl (C=O) groups excluding carboxylic acids is 3. The molecule has 4 rings (SSSR count). The smallest absolute Gasteiger partial charge is 0.307 e. The van der Waals surface area contributed by atoms with Crippen molar-refractivity contribution in [1.29, 1.82) is 0 Å². The first-order valence-electron chi connectivity index (χ1n) is 10.7. The molecule has 2 unspecified atom stereocenters. The van der Waals surface area contributed by atoms with E-state index in [1.807, 2.05) is 30.3 Å². The maximum Gasteiger partial charge on any atom is 0.307 e. The van der Waals surface area contributed by atoms with Crippen molar-refractivity contribution in [3.05, 3.63) is 53.0 Å². The van der Waals surface area contributed by atoms with E-state index in [2.05, 4.69) is 13.8 Å². The first-order chi connectivity index (χ1) is 14.7. The van der Waals surface area contributed by atoms with Crippen LogP contribution in [0.25, 0.3) is 5.57 Å². The first kappa shape index (κ1) is 21.3. The van der Waals surface area contributed by atoms with Crippen LogP contribution >= 0.6 is 0 Å². The fourth-order valence-corrected chi connectivity index (χ4v) is 5.18. The number of ether oxygens (including phenoxy) is 3. The van der Waals surface area contributed by atoms with Gasteiger partial charge in [0.1, 0.15) is 23.0 Å². The molecule has 0 spiro atoms. The van der Waals surface area contributed by atoms with Crippen LogP contribution in [-0.2, 0) is 28.6 Å². The van der Waals surface area contributed by atoms with Crippen LogP contribution in [0.3, 0.4) is 0 Å². The molecule has 3 aliphatic rings. The Labute approximate surface area is 182 Å². The highest BCUT2D eigenvalue weighted by Crippen LogP contribution is 2.66. The Morgan fingerprint density at radius 3 is 2.45 bits per heavy atom. The molecular weight excluding hydrogens is 396 g/mol. The fraction of sp³-hybridized carbons (Fsp3) is 0.480. The van der Waals surface area contributed by atoms with Crippen molar-refractivity contribution in [3.8, 4) is 0 Å². The molecule has 0 saturated carbocycles. The van der Waals surface area contributed by atoms with Gasteiger partial charge >= 0.3 is 11.9 Å². The molecule has 0 N–H and O–H groups in total. The van der Waals surface area contributed by atoms with E-state index < -0.39 is 17.5 Å². The van der Waals surface area contributed by atoms with E-state index in [0.717, 1.165) is 11.1 Å². The van der Waals surface area contributed by atoms with Gasteiger partial charge in [0, 0.05) is 32.3 Å². The summed E-state index contributed by atoms with van der Waals surface area (Å²) < 4.78 is 17.3. The van der Waals surface area contributed by atoms with Gasteiger partial charge in [0.25, 0.3) is 0 Å². The minimum atomic E-state index is -0.820. The van der Waals surface area contributed by atoms with E-state index in [1.165, 1.54) is 13.8 Å². The Bertz CT molecular complexity index is 1000. The van der Waals surface area contributed by atoms with Gasteiger partial charge in [-0.05, 0) is 23.8 Å². The third kappa shape index (κ3) is 3.58. The third-order valence-corrected chi connectivity index (χ3v) is 6.25. The van der Waals surface area contributed by atoms with Crippen molar-refractivity contribution in [1.82, 2.24) is 0 Å². The zero-order chi connectivity index (χ0) is 22.4. The number of ketones is 1. The topological polar surface area (TPSA) is 78.9 Å². The molecule has 6 nitrogen and oxygen atoms in total. The monoisotopic (exact) mass is 424 g/mol. The average molecular weight is 424 g/mol. The zero-order valence-corrected chi connectivity index (χ0v) is 18.4. The second kappa shape index (κ2) is 7.66. The number of hydrogen-bond acceptors (Lipinski definition) is 6. The van der Waals surface area contributed by atoms with E-state index in [1.54, 1.807) is 0 Å². The number of carbonyl (C=O) groups is 3. The van der Waals surface area contributed by atoms with Crippen LogP contribution in [0.1, 0.15) is 58.9 Å². The SMILES string of the molecule is CC(=O)OCCCC12C(OC(C)=O)=C(c3ccccc3)C1OC1=C2C(=O)CC(C)(C)C1. The van der Waals surface area contributed by atoms with E-state index in [9.17, 15) is 14.4 Å². The van der Waals surface area contributed by atoms with Crippen LogP contribution in [0.15, 0.2) is 47.4 Å². The largest absolute Gasteiger partial charge is 0.488 e. The van der Waals surface area contributed by atoms with Gasteiger partial charge in [-0.3, -0.25) is 14.4 Å². The highest BCUT2D eigenvalue weighted by atomic mass is 16.6. The summed E-state index contributed by atoms with van der Waals surface area (Å²) in [7, 11) is 0. The van der Waals surface area contributed by atoms with Crippen LogP contribution in [0, 0.1) is 10.8 Å². The number of fused-ring (bicyclic) bond motifs is 2. The molecule has 0 saturated heterocycles. The summed E-state index contributed by atoms with van der Waals surface area (Å²) >= 11 is 0. The van der Waals surface area contributed by atoms with E-state index in [0.29, 0.717) is 42.8 Å². The summed E-state index contributed by atoms with van der Waals surface area (Å²) in [5.41, 5.74) is 1.34. The summed E-state index contributed by atoms with van der Waals surface area (Å²) in [6, 6.07) is 9.67. The standard InChI is InChI=1S/C25H28O6/c1-15(26)29-12-8-11-25-21-18(28)13-24(3,4)14-19(21)31-23(25)20(22(25)30-16(2)27)17-9-6-5-7-10-17/h5-7,9-10,23H,8,11-14H2,1-4H3. The molecule has 1 aromatic carbocycles. The van der Waals surface area contributed by atoms with Crippen molar-refractivity contribution in [2.75, 3.05) is 6.61 Å². The zero-order valence-electron chi connectivity index (χ0n) is 18.4. The molecule has 0 fully saturated rings. The van der Waals surface area contributed by atoms with Gasteiger partial charge in [-0.1, -0.05) is 44.2 Å². The Morgan fingerprint density at radius 1 is 1.10 bits per heavy atom. The molecule has 0 bridgehead atoms. The maximum absolute atomic E-state index is 13.3. The van der Waals surface area contributed by atoms with Gasteiger partial charge in [0.2, 0.25) is 0 Å². The Balaban J connectivity index is 1.80. The molecule has 164 valence electrons. The molecular formula is C25H28O6. The van der Waals surface area contributed by atoms with Gasteiger partial charge in [-0.2, -0.15) is 0 Å². The minimum absolute atomic E-state index is 0.0398. The second-order valence-corrected chi connectivity index (χ2v) is 9.35. The fourth-order valence-electron chi connectivity index (χ4n) is 5.18. The van der Waals surface area contributed by atoms with Crippen molar-refractivity contribution in [3.63, 3.8) is 0 Å². The number of allylic oxidation sites excluding steroid dienone is 1. The maximum atomic E-state index is 13.3. The van der Waals surface area contributed by atoms with Crippen LogP contribution in [0.4, 0.5) is 0 Å². The minimum Gasteiger partial charge on any atom is -0.488 e. The van der Waals surface area contributed by atoms with Gasteiger partial charge in [-0.25, -0.2) is 0 Å². The number of hydrogen-bond donors (Lipinski definition) is 0. The Morgan fingerprint density at radius 2 is 1.81 bits per heavy atom. The van der Waals surface area contributed by atoms with Crippen LogP contribution in [0.2, 0.25) is 0 Å². The Hall–Kier alpha value is -2.89. The summed E-state index contributed by atoms with van der Waals surface area (Å²) in [5, 5.41) is 0. The van der Waals surface area contributed by atoms with Gasteiger partial charge < -0.3 is 14.2 Å². The molecule has 1 aliphatic heterocycles. The van der Waals surface area contributed by atoms with Gasteiger partial charge in [0.05, 0.1) is 12.2 Å². The molecule has 31 heavy (non-hydrogen) atoms. The summed E-state index contributed by atoms with van der Waals surface area (Å²) in [6.45, 7) is 7.09. The van der Waals surface area contributed by atoms with Gasteiger partial charge in [-0.15, -0.1) is 0 Å². The molecule has 1 heterocycles. The Kier molecular flexibility index (Phi) is 5.28. The highest BCUT2D eigenvalue weighted by molar-refractivity contribution is 6.03. The number of benzene rings is 1. The van der Waals surface area contributed by atoms with E-state index in [4.69, 9.17) is 14.2 Å². The lowest BCUT2D eigenvalue weighted by Crippen LogP contribution is -2.49. The molecule has 2 aliphatic carbocycles. The van der Waals surface area contributed by atoms with Crippen molar-refractivity contribution in [2.45, 2.75) is 59.5 Å². The average Bonchev–Trinajstić information content (AvgIpc) is 2.93. The van der Waals surface area contributed by atoms with Crippen LogP contribution < -0.4 is 0 Å². The molecule has 2 atom stereocenters. The van der Waals surface area contributed by atoms with Crippen LogP contribution in [-0.4, -0.2) is 30.4 Å². The lowest BCUT2D eigenvalue weighted by Gasteiger charge is -2.47. The molecule has 0 amide bonds.